The van der Waals surface area contributed by atoms with Crippen molar-refractivity contribution in [1.82, 2.24) is 9.80 Å². The van der Waals surface area contributed by atoms with Gasteiger partial charge in [0.05, 0.1) is 11.5 Å². The van der Waals surface area contributed by atoms with Crippen LogP contribution in [0.2, 0.25) is 0 Å². The zero-order valence-electron chi connectivity index (χ0n) is 12.1. The molecule has 7 heteroatoms. The molecular formula is C14H22N2O4S. The Bertz CT molecular complexity index is 410. The van der Waals surface area contributed by atoms with Gasteiger partial charge in [0.2, 0.25) is 11.8 Å². The van der Waals surface area contributed by atoms with Gasteiger partial charge < -0.3 is 14.9 Å². The second kappa shape index (κ2) is 7.68. The van der Waals surface area contributed by atoms with E-state index in [4.69, 9.17) is 5.11 Å². The number of carbonyl (C=O) groups excluding carboxylic acids is 2. The van der Waals surface area contributed by atoms with Crippen LogP contribution < -0.4 is 0 Å². The van der Waals surface area contributed by atoms with E-state index in [1.807, 2.05) is 4.90 Å². The monoisotopic (exact) mass is 314 g/mol. The zero-order valence-corrected chi connectivity index (χ0v) is 12.9. The fraction of sp³-hybridized carbons (Fsp3) is 0.786. The lowest BCUT2D eigenvalue weighted by molar-refractivity contribution is -0.147. The second-order valence-corrected chi connectivity index (χ2v) is 6.50. The van der Waals surface area contributed by atoms with Crippen LogP contribution in [0.25, 0.3) is 0 Å². The molecule has 0 saturated carbocycles. The molecule has 2 heterocycles. The Labute approximate surface area is 128 Å². The van der Waals surface area contributed by atoms with E-state index in [2.05, 4.69) is 0 Å². The molecule has 2 rings (SSSR count). The van der Waals surface area contributed by atoms with Gasteiger partial charge in [-0.1, -0.05) is 0 Å². The fourth-order valence-corrected chi connectivity index (χ4v) is 3.66. The molecule has 2 aliphatic heterocycles. The Kier molecular flexibility index (Phi) is 5.90. The Balaban J connectivity index is 1.71. The smallest absolute Gasteiger partial charge is 0.326 e. The summed E-state index contributed by atoms with van der Waals surface area (Å²) in [6.07, 6.45) is 4.56. The van der Waals surface area contributed by atoms with Crippen LogP contribution in [0.15, 0.2) is 0 Å². The standard InChI is InChI=1S/C14H22N2O4S/c17-12(15-6-2-1-3-7-15)9-21-10-13(18)16-8-4-5-11(16)14(19)20/h11H,1-10H2,(H,19,20)/t11-/m0/s1. The van der Waals surface area contributed by atoms with Crippen molar-refractivity contribution in [3.05, 3.63) is 0 Å². The third-order valence-electron chi connectivity index (χ3n) is 4.02. The van der Waals surface area contributed by atoms with Crippen molar-refractivity contribution in [3.63, 3.8) is 0 Å². The topological polar surface area (TPSA) is 77.9 Å². The summed E-state index contributed by atoms with van der Waals surface area (Å²) in [4.78, 5) is 38.3. The molecule has 2 amide bonds. The molecule has 0 aromatic carbocycles. The van der Waals surface area contributed by atoms with Crippen LogP contribution in [0.1, 0.15) is 32.1 Å². The average Bonchev–Trinajstić information content (AvgIpc) is 2.97. The molecule has 2 fully saturated rings. The Morgan fingerprint density at radius 2 is 1.62 bits per heavy atom. The van der Waals surface area contributed by atoms with Gasteiger partial charge in [-0.15, -0.1) is 11.8 Å². The number of hydrogen-bond acceptors (Lipinski definition) is 4. The fourth-order valence-electron chi connectivity index (χ4n) is 2.87. The number of carbonyl (C=O) groups is 3. The first kappa shape index (κ1) is 16.1. The van der Waals surface area contributed by atoms with E-state index in [1.165, 1.54) is 23.1 Å². The lowest BCUT2D eigenvalue weighted by atomic mass is 10.1. The van der Waals surface area contributed by atoms with Gasteiger partial charge in [-0.05, 0) is 32.1 Å². The maximum Gasteiger partial charge on any atom is 0.326 e. The number of piperidine rings is 1. The summed E-state index contributed by atoms with van der Waals surface area (Å²) in [7, 11) is 0. The molecule has 2 aliphatic rings. The van der Waals surface area contributed by atoms with E-state index in [0.29, 0.717) is 18.7 Å². The number of likely N-dealkylation sites (tertiary alicyclic amines) is 2. The van der Waals surface area contributed by atoms with Crippen LogP contribution in [0.3, 0.4) is 0 Å². The number of carboxylic acid groups (broad SMARTS) is 1. The molecule has 0 spiro atoms. The van der Waals surface area contributed by atoms with E-state index < -0.39 is 12.0 Å². The molecule has 0 bridgehead atoms. The quantitative estimate of drug-likeness (QED) is 0.812. The van der Waals surface area contributed by atoms with E-state index in [1.54, 1.807) is 0 Å². The minimum absolute atomic E-state index is 0.0868. The van der Waals surface area contributed by atoms with Gasteiger partial charge in [0.25, 0.3) is 0 Å². The van der Waals surface area contributed by atoms with Crippen LogP contribution in [0, 0.1) is 0 Å². The molecule has 0 unspecified atom stereocenters. The SMILES string of the molecule is O=C(O)[C@@H]1CCCN1C(=O)CSCC(=O)N1CCCCC1. The van der Waals surface area contributed by atoms with E-state index >= 15 is 0 Å². The van der Waals surface area contributed by atoms with Crippen molar-refractivity contribution >= 4 is 29.5 Å². The average molecular weight is 314 g/mol. The van der Waals surface area contributed by atoms with E-state index in [-0.39, 0.29) is 17.6 Å². The minimum Gasteiger partial charge on any atom is -0.480 e. The molecule has 1 N–H and O–H groups in total. The molecular weight excluding hydrogens is 292 g/mol. The summed E-state index contributed by atoms with van der Waals surface area (Å²) < 4.78 is 0. The van der Waals surface area contributed by atoms with Gasteiger partial charge in [-0.3, -0.25) is 9.59 Å². The maximum absolute atomic E-state index is 12.0. The van der Waals surface area contributed by atoms with Crippen LogP contribution in [-0.4, -0.2) is 69.9 Å². The zero-order chi connectivity index (χ0) is 15.2. The second-order valence-electron chi connectivity index (χ2n) is 5.52. The highest BCUT2D eigenvalue weighted by Gasteiger charge is 2.33. The van der Waals surface area contributed by atoms with Gasteiger partial charge in [-0.2, -0.15) is 0 Å². The highest BCUT2D eigenvalue weighted by atomic mass is 32.2. The first-order valence-corrected chi connectivity index (χ1v) is 8.63. The summed E-state index contributed by atoms with van der Waals surface area (Å²) in [6.45, 7) is 2.15. The van der Waals surface area contributed by atoms with Crippen molar-refractivity contribution in [3.8, 4) is 0 Å². The number of hydrogen-bond donors (Lipinski definition) is 1. The number of rotatable bonds is 5. The van der Waals surface area contributed by atoms with Crippen LogP contribution in [0.5, 0.6) is 0 Å². The van der Waals surface area contributed by atoms with E-state index in [9.17, 15) is 14.4 Å². The first-order valence-electron chi connectivity index (χ1n) is 7.47. The number of carboxylic acids is 1. The largest absolute Gasteiger partial charge is 0.480 e. The number of aliphatic carboxylic acids is 1. The molecule has 118 valence electrons. The predicted molar refractivity (Wildman–Crippen MR) is 80.1 cm³/mol. The van der Waals surface area contributed by atoms with Crippen LogP contribution in [-0.2, 0) is 14.4 Å². The van der Waals surface area contributed by atoms with Gasteiger partial charge in [-0.25, -0.2) is 4.79 Å². The van der Waals surface area contributed by atoms with Crippen molar-refractivity contribution in [2.75, 3.05) is 31.1 Å². The van der Waals surface area contributed by atoms with Crippen LogP contribution in [0.4, 0.5) is 0 Å². The number of thioether (sulfide) groups is 1. The molecule has 6 nitrogen and oxygen atoms in total. The number of amides is 2. The predicted octanol–water partition coefficient (Wildman–Crippen LogP) is 0.808. The van der Waals surface area contributed by atoms with Gasteiger partial charge >= 0.3 is 5.97 Å². The summed E-state index contributed by atoms with van der Waals surface area (Å²) >= 11 is 1.29. The Hall–Kier alpha value is -1.24. The highest BCUT2D eigenvalue weighted by Crippen LogP contribution is 2.19. The van der Waals surface area contributed by atoms with Crippen molar-refractivity contribution in [2.24, 2.45) is 0 Å². The normalized spacial score (nSPS) is 22.4. The lowest BCUT2D eigenvalue weighted by Gasteiger charge is -2.26. The highest BCUT2D eigenvalue weighted by molar-refractivity contribution is 8.00. The molecule has 2 saturated heterocycles. The molecule has 0 aromatic rings. The Morgan fingerprint density at radius 1 is 0.952 bits per heavy atom. The lowest BCUT2D eigenvalue weighted by Crippen LogP contribution is -2.41. The van der Waals surface area contributed by atoms with Crippen molar-refractivity contribution in [2.45, 2.75) is 38.1 Å². The number of nitrogens with zero attached hydrogens (tertiary/aromatic N) is 2. The third-order valence-corrected chi connectivity index (χ3v) is 4.92. The minimum atomic E-state index is -0.935. The van der Waals surface area contributed by atoms with Gasteiger partial charge in [0.1, 0.15) is 6.04 Å². The summed E-state index contributed by atoms with van der Waals surface area (Å²) in [5.74, 6) is -0.531. The molecule has 0 aromatic heterocycles. The summed E-state index contributed by atoms with van der Waals surface area (Å²) in [5, 5.41) is 9.05. The summed E-state index contributed by atoms with van der Waals surface area (Å²) in [5.41, 5.74) is 0. The molecule has 0 radical (unpaired) electrons. The molecule has 0 aliphatic carbocycles. The maximum atomic E-state index is 12.0. The van der Waals surface area contributed by atoms with Crippen molar-refractivity contribution < 1.29 is 19.5 Å². The summed E-state index contributed by atoms with van der Waals surface area (Å²) in [6, 6.07) is -0.684. The van der Waals surface area contributed by atoms with Crippen LogP contribution >= 0.6 is 11.8 Å². The van der Waals surface area contributed by atoms with Gasteiger partial charge in [0, 0.05) is 19.6 Å². The van der Waals surface area contributed by atoms with Crippen molar-refractivity contribution in [1.29, 1.82) is 0 Å². The Morgan fingerprint density at radius 3 is 2.29 bits per heavy atom. The first-order chi connectivity index (χ1) is 10.1. The third kappa shape index (κ3) is 4.36. The van der Waals surface area contributed by atoms with E-state index in [0.717, 1.165) is 32.4 Å². The molecule has 21 heavy (non-hydrogen) atoms. The van der Waals surface area contributed by atoms with Gasteiger partial charge in [0.15, 0.2) is 0 Å². The molecule has 1 atom stereocenters.